The van der Waals surface area contributed by atoms with Crippen LogP contribution >= 0.6 is 0 Å². The molecule has 19 heavy (non-hydrogen) atoms. The van der Waals surface area contributed by atoms with E-state index in [0.717, 1.165) is 38.2 Å². The summed E-state index contributed by atoms with van der Waals surface area (Å²) in [5.74, 6) is 0.999. The average molecular weight is 262 g/mol. The van der Waals surface area contributed by atoms with Crippen molar-refractivity contribution in [1.82, 2.24) is 5.32 Å². The van der Waals surface area contributed by atoms with Gasteiger partial charge in [0, 0.05) is 6.54 Å². The molecule has 0 heterocycles. The molecule has 0 unspecified atom stereocenters. The van der Waals surface area contributed by atoms with Gasteiger partial charge in [0.05, 0.1) is 7.11 Å². The molecule has 3 N–H and O–H groups in total. The van der Waals surface area contributed by atoms with Crippen LogP contribution in [0, 0.1) is 5.41 Å². The van der Waals surface area contributed by atoms with Crippen LogP contribution in [-0.4, -0.2) is 26.7 Å². The number of hydrogen-bond acceptors (Lipinski definition) is 3. The van der Waals surface area contributed by atoms with Crippen molar-refractivity contribution >= 4 is 0 Å². The number of ether oxygens (including phenoxy) is 1. The van der Waals surface area contributed by atoms with Crippen LogP contribution in [0.15, 0.2) is 18.2 Å². The highest BCUT2D eigenvalue weighted by Gasteiger charge is 2.40. The van der Waals surface area contributed by atoms with Crippen LogP contribution in [0.1, 0.15) is 30.9 Å². The summed E-state index contributed by atoms with van der Waals surface area (Å²) in [5.41, 5.74) is 8.87. The molecule has 0 radical (unpaired) electrons. The molecule has 0 saturated heterocycles. The summed E-state index contributed by atoms with van der Waals surface area (Å²) in [7, 11) is 1.74. The van der Waals surface area contributed by atoms with Crippen LogP contribution in [0.4, 0.5) is 0 Å². The van der Waals surface area contributed by atoms with Crippen LogP contribution in [0.5, 0.6) is 5.75 Å². The summed E-state index contributed by atoms with van der Waals surface area (Å²) in [4.78, 5) is 0. The molecule has 0 aromatic heterocycles. The first-order chi connectivity index (χ1) is 9.23. The zero-order valence-corrected chi connectivity index (χ0v) is 12.2. The van der Waals surface area contributed by atoms with Gasteiger partial charge in [-0.2, -0.15) is 0 Å². The highest BCUT2D eigenvalue weighted by Crippen LogP contribution is 2.43. The first-order valence-electron chi connectivity index (χ1n) is 7.29. The maximum Gasteiger partial charge on any atom is 0.122 e. The summed E-state index contributed by atoms with van der Waals surface area (Å²) >= 11 is 0. The van der Waals surface area contributed by atoms with E-state index in [0.29, 0.717) is 5.41 Å². The summed E-state index contributed by atoms with van der Waals surface area (Å²) in [5, 5.41) is 3.54. The Bertz CT molecular complexity index is 413. The number of aryl methyl sites for hydroxylation is 1. The third kappa shape index (κ3) is 3.71. The quantitative estimate of drug-likeness (QED) is 0.706. The monoisotopic (exact) mass is 262 g/mol. The lowest BCUT2D eigenvalue weighted by Gasteiger charge is -2.14. The van der Waals surface area contributed by atoms with Crippen LogP contribution in [-0.2, 0) is 12.8 Å². The number of benzene rings is 1. The van der Waals surface area contributed by atoms with E-state index >= 15 is 0 Å². The Morgan fingerprint density at radius 2 is 2.16 bits per heavy atom. The molecule has 0 aliphatic heterocycles. The lowest BCUT2D eigenvalue weighted by Crippen LogP contribution is -2.30. The highest BCUT2D eigenvalue weighted by molar-refractivity contribution is 5.37. The largest absolute Gasteiger partial charge is 0.496 e. The predicted octanol–water partition coefficient (Wildman–Crippen LogP) is 2.13. The van der Waals surface area contributed by atoms with Gasteiger partial charge in [-0.25, -0.2) is 0 Å². The molecule has 2 rings (SSSR count). The molecule has 1 aliphatic rings. The van der Waals surface area contributed by atoms with E-state index < -0.39 is 0 Å². The molecule has 1 fully saturated rings. The van der Waals surface area contributed by atoms with Crippen molar-refractivity contribution in [2.24, 2.45) is 11.1 Å². The molecule has 0 amide bonds. The van der Waals surface area contributed by atoms with Gasteiger partial charge in [-0.05, 0) is 61.4 Å². The number of rotatable bonds is 8. The van der Waals surface area contributed by atoms with Gasteiger partial charge in [-0.15, -0.1) is 0 Å². The van der Waals surface area contributed by atoms with Crippen molar-refractivity contribution in [2.45, 2.75) is 32.6 Å². The topological polar surface area (TPSA) is 47.3 Å². The van der Waals surface area contributed by atoms with Crippen molar-refractivity contribution in [2.75, 3.05) is 26.7 Å². The van der Waals surface area contributed by atoms with Gasteiger partial charge in [0.1, 0.15) is 5.75 Å². The molecule has 3 heteroatoms. The Labute approximate surface area is 116 Å². The molecule has 106 valence electrons. The molecule has 0 atom stereocenters. The van der Waals surface area contributed by atoms with Gasteiger partial charge >= 0.3 is 0 Å². The minimum atomic E-state index is 0.412. The van der Waals surface area contributed by atoms with Crippen LogP contribution in [0.2, 0.25) is 0 Å². The molecule has 1 aromatic rings. The van der Waals surface area contributed by atoms with E-state index in [1.165, 1.54) is 24.0 Å². The van der Waals surface area contributed by atoms with Crippen molar-refractivity contribution in [1.29, 1.82) is 0 Å². The predicted molar refractivity (Wildman–Crippen MR) is 79.7 cm³/mol. The normalized spacial score (nSPS) is 16.4. The second-order valence-electron chi connectivity index (χ2n) is 5.63. The zero-order chi connectivity index (χ0) is 13.7. The van der Waals surface area contributed by atoms with E-state index in [-0.39, 0.29) is 0 Å². The van der Waals surface area contributed by atoms with E-state index in [2.05, 4.69) is 30.4 Å². The second-order valence-corrected chi connectivity index (χ2v) is 5.63. The van der Waals surface area contributed by atoms with Crippen molar-refractivity contribution < 1.29 is 4.74 Å². The Kier molecular flexibility index (Phi) is 4.83. The highest BCUT2D eigenvalue weighted by atomic mass is 16.5. The molecule has 0 bridgehead atoms. The number of hydrogen-bond donors (Lipinski definition) is 2. The number of nitrogens with two attached hydrogens (primary N) is 1. The fraction of sp³-hybridized carbons (Fsp3) is 0.625. The summed E-state index contributed by atoms with van der Waals surface area (Å²) in [6, 6.07) is 6.48. The van der Waals surface area contributed by atoms with Crippen molar-refractivity contribution in [3.63, 3.8) is 0 Å². The second kappa shape index (κ2) is 6.40. The Balaban J connectivity index is 1.84. The van der Waals surface area contributed by atoms with Gasteiger partial charge in [-0.3, -0.25) is 0 Å². The van der Waals surface area contributed by atoms with Crippen molar-refractivity contribution in [3.8, 4) is 5.75 Å². The molecule has 3 nitrogen and oxygen atoms in total. The summed E-state index contributed by atoms with van der Waals surface area (Å²) < 4.78 is 5.43. The zero-order valence-electron chi connectivity index (χ0n) is 12.2. The van der Waals surface area contributed by atoms with Crippen molar-refractivity contribution in [3.05, 3.63) is 29.3 Å². The Morgan fingerprint density at radius 1 is 1.37 bits per heavy atom. The maximum atomic E-state index is 5.79. The third-order valence-corrected chi connectivity index (χ3v) is 4.21. The standard InChI is InChI=1S/C16H26N2O/c1-3-13-4-5-15(19-2)14(10-13)6-9-18-12-16(11-17)7-8-16/h4-5,10,18H,3,6-9,11-12,17H2,1-2H3. The smallest absolute Gasteiger partial charge is 0.122 e. The average Bonchev–Trinajstić information content (AvgIpc) is 3.24. The first-order valence-corrected chi connectivity index (χ1v) is 7.29. The van der Waals surface area contributed by atoms with Crippen LogP contribution < -0.4 is 15.8 Å². The van der Waals surface area contributed by atoms with Gasteiger partial charge in [0.2, 0.25) is 0 Å². The van der Waals surface area contributed by atoms with E-state index in [1.54, 1.807) is 7.11 Å². The molecule has 0 spiro atoms. The molecule has 1 saturated carbocycles. The van der Waals surface area contributed by atoms with Gasteiger partial charge in [0.25, 0.3) is 0 Å². The van der Waals surface area contributed by atoms with Gasteiger partial charge in [0.15, 0.2) is 0 Å². The molecule has 1 aliphatic carbocycles. The lowest BCUT2D eigenvalue weighted by atomic mass is 10.0. The van der Waals surface area contributed by atoms with Gasteiger partial charge < -0.3 is 15.8 Å². The first kappa shape index (κ1) is 14.4. The van der Waals surface area contributed by atoms with Gasteiger partial charge in [-0.1, -0.05) is 19.1 Å². The van der Waals surface area contributed by atoms with Crippen LogP contribution in [0.25, 0.3) is 0 Å². The Hall–Kier alpha value is -1.06. The summed E-state index contributed by atoms with van der Waals surface area (Å²) in [6.45, 7) is 5.04. The number of methoxy groups -OCH3 is 1. The Morgan fingerprint density at radius 3 is 2.74 bits per heavy atom. The minimum Gasteiger partial charge on any atom is -0.496 e. The molecule has 1 aromatic carbocycles. The minimum absolute atomic E-state index is 0.412. The lowest BCUT2D eigenvalue weighted by molar-refractivity contribution is 0.407. The fourth-order valence-electron chi connectivity index (χ4n) is 2.45. The third-order valence-electron chi connectivity index (χ3n) is 4.21. The van der Waals surface area contributed by atoms with E-state index in [4.69, 9.17) is 10.5 Å². The fourth-order valence-corrected chi connectivity index (χ4v) is 2.45. The summed E-state index contributed by atoms with van der Waals surface area (Å²) in [6.07, 6.45) is 4.65. The van der Waals surface area contributed by atoms with Crippen LogP contribution in [0.3, 0.4) is 0 Å². The number of nitrogens with one attached hydrogen (secondary N) is 1. The van der Waals surface area contributed by atoms with E-state index in [9.17, 15) is 0 Å². The molecular weight excluding hydrogens is 236 g/mol. The SMILES string of the molecule is CCc1ccc(OC)c(CCNCC2(CN)CC2)c1. The maximum absolute atomic E-state index is 5.79. The van der Waals surface area contributed by atoms with E-state index in [1.807, 2.05) is 0 Å². The molecular formula is C16H26N2O.